The number of carbonyl (C=O) groups excluding carboxylic acids is 1. The van der Waals surface area contributed by atoms with Crippen molar-refractivity contribution >= 4 is 29.3 Å². The van der Waals surface area contributed by atoms with Gasteiger partial charge < -0.3 is 24.8 Å². The van der Waals surface area contributed by atoms with E-state index in [1.807, 2.05) is 32.9 Å². The molecule has 0 radical (unpaired) electrons. The number of benzene rings is 2. The van der Waals surface area contributed by atoms with E-state index in [9.17, 15) is 14.7 Å². The second kappa shape index (κ2) is 9.92. The van der Waals surface area contributed by atoms with Gasteiger partial charge in [-0.05, 0) is 68.1 Å². The molecule has 8 heteroatoms. The first-order valence-corrected chi connectivity index (χ1v) is 10.7. The number of fused-ring (bicyclic) bond motifs is 1. The van der Waals surface area contributed by atoms with Gasteiger partial charge in [-0.15, -0.1) is 0 Å². The number of rotatable bonds is 7. The van der Waals surface area contributed by atoms with Crippen LogP contribution >= 0.6 is 11.6 Å². The Labute approximate surface area is 186 Å². The Morgan fingerprint density at radius 3 is 2.45 bits per heavy atom. The maximum Gasteiger partial charge on any atom is 0.322 e. The molecule has 0 aromatic heterocycles. The minimum Gasteiger partial charge on any atom is -0.490 e. The van der Waals surface area contributed by atoms with E-state index in [0.717, 1.165) is 16.7 Å². The quantitative estimate of drug-likeness (QED) is 0.621. The number of nitrogens with zero attached hydrogens (tertiary/aromatic N) is 1. The summed E-state index contributed by atoms with van der Waals surface area (Å²) >= 11 is 6.26. The van der Waals surface area contributed by atoms with Gasteiger partial charge in [0.2, 0.25) is 0 Å². The summed E-state index contributed by atoms with van der Waals surface area (Å²) in [6.45, 7) is 6.98. The molecule has 166 valence electrons. The van der Waals surface area contributed by atoms with E-state index in [-0.39, 0.29) is 6.42 Å². The van der Waals surface area contributed by atoms with Gasteiger partial charge in [-0.25, -0.2) is 4.79 Å². The van der Waals surface area contributed by atoms with Gasteiger partial charge in [0.15, 0.2) is 11.5 Å². The average Bonchev–Trinajstić information content (AvgIpc) is 2.71. The van der Waals surface area contributed by atoms with Crippen molar-refractivity contribution in [3.05, 3.63) is 52.0 Å². The summed E-state index contributed by atoms with van der Waals surface area (Å²) in [6.07, 6.45) is 0.356. The van der Waals surface area contributed by atoms with Crippen LogP contribution in [0.3, 0.4) is 0 Å². The molecule has 0 fully saturated rings. The van der Waals surface area contributed by atoms with Gasteiger partial charge >= 0.3 is 12.0 Å². The number of halogens is 1. The summed E-state index contributed by atoms with van der Waals surface area (Å²) in [5, 5.41) is 12.8. The third-order valence-electron chi connectivity index (χ3n) is 5.16. The third kappa shape index (κ3) is 5.22. The second-order valence-corrected chi connectivity index (χ2v) is 7.74. The van der Waals surface area contributed by atoms with Crippen LogP contribution in [0.15, 0.2) is 30.3 Å². The van der Waals surface area contributed by atoms with E-state index in [0.29, 0.717) is 48.4 Å². The van der Waals surface area contributed by atoms with Gasteiger partial charge in [0.25, 0.3) is 0 Å². The zero-order chi connectivity index (χ0) is 22.5. The number of ether oxygens (including phenoxy) is 2. The SMILES string of the molecule is CCOc1cc2c(cc1OCC)[C@H](CC(=O)O)N(C(=O)Nc1ccc(C)cc1Cl)CC2. The van der Waals surface area contributed by atoms with Crippen LogP contribution in [-0.4, -0.2) is 41.8 Å². The van der Waals surface area contributed by atoms with Crippen molar-refractivity contribution in [2.45, 2.75) is 39.7 Å². The highest BCUT2D eigenvalue weighted by molar-refractivity contribution is 6.33. The Morgan fingerprint density at radius 1 is 1.16 bits per heavy atom. The first-order valence-electron chi connectivity index (χ1n) is 10.3. The molecule has 2 aromatic rings. The fourth-order valence-corrected chi connectivity index (χ4v) is 4.07. The minimum absolute atomic E-state index is 0.221. The van der Waals surface area contributed by atoms with Gasteiger partial charge in [-0.2, -0.15) is 0 Å². The molecule has 0 saturated carbocycles. The van der Waals surface area contributed by atoms with Crippen molar-refractivity contribution in [3.8, 4) is 11.5 Å². The average molecular weight is 447 g/mol. The lowest BCUT2D eigenvalue weighted by Crippen LogP contribution is -2.43. The van der Waals surface area contributed by atoms with Crippen molar-refractivity contribution in [2.75, 3.05) is 25.1 Å². The summed E-state index contributed by atoms with van der Waals surface area (Å²) in [5.74, 6) is 0.180. The smallest absolute Gasteiger partial charge is 0.322 e. The van der Waals surface area contributed by atoms with Crippen molar-refractivity contribution in [1.29, 1.82) is 0 Å². The van der Waals surface area contributed by atoms with E-state index in [2.05, 4.69) is 5.32 Å². The molecule has 1 aliphatic heterocycles. The Morgan fingerprint density at radius 2 is 1.84 bits per heavy atom. The molecule has 0 saturated heterocycles. The van der Waals surface area contributed by atoms with Crippen LogP contribution < -0.4 is 14.8 Å². The van der Waals surface area contributed by atoms with Crippen LogP contribution in [0.4, 0.5) is 10.5 Å². The molecular weight excluding hydrogens is 420 g/mol. The number of carboxylic acids is 1. The van der Waals surface area contributed by atoms with Crippen LogP contribution in [0.25, 0.3) is 0 Å². The number of carbonyl (C=O) groups is 2. The molecule has 1 aliphatic rings. The van der Waals surface area contributed by atoms with Crippen molar-refractivity contribution in [2.24, 2.45) is 0 Å². The zero-order valence-electron chi connectivity index (χ0n) is 17.9. The van der Waals surface area contributed by atoms with E-state index < -0.39 is 18.0 Å². The number of amides is 2. The number of aryl methyl sites for hydroxylation is 1. The van der Waals surface area contributed by atoms with Gasteiger partial charge in [-0.3, -0.25) is 4.79 Å². The second-order valence-electron chi connectivity index (χ2n) is 7.33. The molecule has 0 unspecified atom stereocenters. The van der Waals surface area contributed by atoms with Crippen LogP contribution in [0, 0.1) is 6.92 Å². The number of urea groups is 1. The number of hydrogen-bond donors (Lipinski definition) is 2. The highest BCUT2D eigenvalue weighted by Gasteiger charge is 2.34. The Hall–Kier alpha value is -2.93. The normalized spacial score (nSPS) is 15.2. The van der Waals surface area contributed by atoms with Gasteiger partial charge in [0.05, 0.1) is 36.4 Å². The molecule has 1 atom stereocenters. The van der Waals surface area contributed by atoms with Gasteiger partial charge in [-0.1, -0.05) is 17.7 Å². The molecule has 1 heterocycles. The number of nitrogens with one attached hydrogen (secondary N) is 1. The number of carboxylic acid groups (broad SMARTS) is 1. The summed E-state index contributed by atoms with van der Waals surface area (Å²) in [6, 6.07) is 8.02. The lowest BCUT2D eigenvalue weighted by Gasteiger charge is -2.37. The molecule has 0 aliphatic carbocycles. The number of hydrogen-bond acceptors (Lipinski definition) is 4. The van der Waals surface area contributed by atoms with Crippen LogP contribution in [-0.2, 0) is 11.2 Å². The fraction of sp³-hybridized carbons (Fsp3) is 0.391. The Bertz CT molecular complexity index is 979. The Kier molecular flexibility index (Phi) is 7.28. The molecular formula is C23H27ClN2O5. The standard InChI is InChI=1S/C23H27ClN2O5/c1-4-30-20-11-15-8-9-26(23(29)25-18-7-6-14(3)10-17(18)24)19(13-22(27)28)16(15)12-21(20)31-5-2/h6-7,10-12,19H,4-5,8-9,13H2,1-3H3,(H,25,29)(H,27,28)/t19-/m0/s1. The molecule has 31 heavy (non-hydrogen) atoms. The molecule has 2 amide bonds. The summed E-state index contributed by atoms with van der Waals surface area (Å²) < 4.78 is 11.4. The molecule has 2 aromatic carbocycles. The highest BCUT2D eigenvalue weighted by atomic mass is 35.5. The lowest BCUT2D eigenvalue weighted by atomic mass is 9.90. The molecule has 7 nitrogen and oxygen atoms in total. The minimum atomic E-state index is -0.990. The van der Waals surface area contributed by atoms with E-state index in [4.69, 9.17) is 21.1 Å². The monoisotopic (exact) mass is 446 g/mol. The topological polar surface area (TPSA) is 88.1 Å². The van der Waals surface area contributed by atoms with E-state index in [1.54, 1.807) is 23.1 Å². The van der Waals surface area contributed by atoms with Gasteiger partial charge in [0, 0.05) is 6.54 Å². The number of aliphatic carboxylic acids is 1. The predicted octanol–water partition coefficient (Wildman–Crippen LogP) is 5.05. The van der Waals surface area contributed by atoms with Crippen LogP contribution in [0.1, 0.15) is 43.0 Å². The maximum absolute atomic E-state index is 13.1. The largest absolute Gasteiger partial charge is 0.490 e. The molecule has 2 N–H and O–H groups in total. The fourth-order valence-electron chi connectivity index (χ4n) is 3.78. The predicted molar refractivity (Wildman–Crippen MR) is 119 cm³/mol. The first kappa shape index (κ1) is 22.7. The summed E-state index contributed by atoms with van der Waals surface area (Å²) in [5.41, 5.74) is 3.17. The zero-order valence-corrected chi connectivity index (χ0v) is 18.7. The van der Waals surface area contributed by atoms with E-state index >= 15 is 0 Å². The molecule has 0 spiro atoms. The maximum atomic E-state index is 13.1. The van der Waals surface area contributed by atoms with Crippen LogP contribution in [0.2, 0.25) is 5.02 Å². The van der Waals surface area contributed by atoms with Crippen molar-refractivity contribution in [3.63, 3.8) is 0 Å². The molecule has 3 rings (SSSR count). The summed E-state index contributed by atoms with van der Waals surface area (Å²) in [4.78, 5) is 26.3. The third-order valence-corrected chi connectivity index (χ3v) is 5.47. The lowest BCUT2D eigenvalue weighted by molar-refractivity contribution is -0.138. The van der Waals surface area contributed by atoms with E-state index in [1.165, 1.54) is 0 Å². The van der Waals surface area contributed by atoms with Crippen LogP contribution in [0.5, 0.6) is 11.5 Å². The van der Waals surface area contributed by atoms with Gasteiger partial charge in [0.1, 0.15) is 0 Å². The van der Waals surface area contributed by atoms with Crippen molar-refractivity contribution < 1.29 is 24.2 Å². The number of anilines is 1. The van der Waals surface area contributed by atoms with Crippen molar-refractivity contribution in [1.82, 2.24) is 4.90 Å². The highest BCUT2D eigenvalue weighted by Crippen LogP contribution is 2.40. The summed E-state index contributed by atoms with van der Waals surface area (Å²) in [7, 11) is 0. The molecule has 0 bridgehead atoms. The first-order chi connectivity index (χ1) is 14.8. The Balaban J connectivity index is 1.95.